The number of likely N-dealkylation sites (tertiary alicyclic amines) is 1. The summed E-state index contributed by atoms with van der Waals surface area (Å²) in [7, 11) is 1.48. The van der Waals surface area contributed by atoms with Gasteiger partial charge in [0.25, 0.3) is 11.8 Å². The topological polar surface area (TPSA) is 83.6 Å². The summed E-state index contributed by atoms with van der Waals surface area (Å²) in [4.78, 5) is 22.1. The molecule has 0 bridgehead atoms. The van der Waals surface area contributed by atoms with Crippen molar-refractivity contribution in [3.05, 3.63) is 64.4 Å². The van der Waals surface area contributed by atoms with Crippen LogP contribution >= 0.6 is 11.6 Å². The molecule has 2 heterocycles. The zero-order chi connectivity index (χ0) is 26.7. The molecule has 1 saturated heterocycles. The molecule has 194 valence electrons. The van der Waals surface area contributed by atoms with E-state index < -0.39 is 48.5 Å². The highest BCUT2D eigenvalue weighted by Crippen LogP contribution is 2.35. The van der Waals surface area contributed by atoms with Crippen molar-refractivity contribution in [3.8, 4) is 0 Å². The number of rotatable bonds is 6. The summed E-state index contributed by atoms with van der Waals surface area (Å²) in [5.41, 5.74) is 5.77. The molecule has 36 heavy (non-hydrogen) atoms. The van der Waals surface area contributed by atoms with Crippen molar-refractivity contribution in [1.29, 1.82) is 0 Å². The van der Waals surface area contributed by atoms with Gasteiger partial charge in [0.1, 0.15) is 11.5 Å². The van der Waals surface area contributed by atoms with Crippen LogP contribution in [-0.4, -0.2) is 54.1 Å². The number of piperidine rings is 1. The Hall–Kier alpha value is -3.21. The Kier molecular flexibility index (Phi) is 8.22. The molecule has 1 aliphatic rings. The SMILES string of the molecule is CN=CC(=C(N)C(=O)N1CC(F)(F)C[C@@H](C)C1CNc1ccc(C(F)(F)F)cn1)c1ccc(Cl)cc1. The average molecular weight is 530 g/mol. The second-order valence-corrected chi connectivity index (χ2v) is 9.01. The molecule has 0 aliphatic carbocycles. The molecular weight excluding hydrogens is 505 g/mol. The summed E-state index contributed by atoms with van der Waals surface area (Å²) in [5.74, 6) is -4.48. The number of carbonyl (C=O) groups is 1. The van der Waals surface area contributed by atoms with E-state index in [1.165, 1.54) is 13.3 Å². The first-order valence-corrected chi connectivity index (χ1v) is 11.3. The van der Waals surface area contributed by atoms with E-state index in [9.17, 15) is 26.7 Å². The number of alkyl halides is 5. The number of aromatic nitrogens is 1. The number of nitrogens with zero attached hydrogens (tertiary/aromatic N) is 3. The van der Waals surface area contributed by atoms with Crippen LogP contribution in [0.15, 0.2) is 53.3 Å². The standard InChI is InChI=1S/C24H25ClF5N5O/c1-14-9-23(26,27)13-35(19(14)12-34-20-8-5-16(10-33-20)24(28,29)30)22(36)21(31)18(11-32-2)15-3-6-17(25)7-4-15/h3-8,10-11,14,19H,9,12-13,31H2,1-2H3,(H,33,34)/t14-,19?/m1/s1. The molecule has 1 aliphatic heterocycles. The van der Waals surface area contributed by atoms with E-state index in [4.69, 9.17) is 17.3 Å². The molecule has 0 spiro atoms. The van der Waals surface area contributed by atoms with E-state index in [0.29, 0.717) is 16.8 Å². The number of hydrogen-bond donors (Lipinski definition) is 2. The fourth-order valence-corrected chi connectivity index (χ4v) is 4.21. The van der Waals surface area contributed by atoms with Crippen molar-refractivity contribution < 1.29 is 26.7 Å². The Balaban J connectivity index is 1.89. The fraction of sp³-hybridized carbons (Fsp3) is 0.375. The van der Waals surface area contributed by atoms with E-state index in [-0.39, 0.29) is 23.6 Å². The number of carbonyl (C=O) groups excluding carboxylic acids is 1. The number of anilines is 1. The molecular formula is C24H25ClF5N5O. The zero-order valence-electron chi connectivity index (χ0n) is 19.5. The zero-order valence-corrected chi connectivity index (χ0v) is 20.2. The summed E-state index contributed by atoms with van der Waals surface area (Å²) >= 11 is 5.93. The number of hydrogen-bond acceptors (Lipinski definition) is 5. The second kappa shape index (κ2) is 10.8. The second-order valence-electron chi connectivity index (χ2n) is 8.57. The van der Waals surface area contributed by atoms with E-state index in [1.807, 2.05) is 0 Å². The minimum atomic E-state index is -4.54. The molecule has 3 N–H and O–H groups in total. The Morgan fingerprint density at radius 1 is 1.28 bits per heavy atom. The molecule has 1 aromatic carbocycles. The Morgan fingerprint density at radius 3 is 2.50 bits per heavy atom. The average Bonchev–Trinajstić information content (AvgIpc) is 2.80. The number of allylic oxidation sites excluding steroid dienone is 1. The van der Waals surface area contributed by atoms with Crippen molar-refractivity contribution in [2.75, 3.05) is 25.5 Å². The number of halogens is 6. The van der Waals surface area contributed by atoms with Gasteiger partial charge < -0.3 is 16.0 Å². The van der Waals surface area contributed by atoms with Crippen molar-refractivity contribution in [2.24, 2.45) is 16.6 Å². The fourth-order valence-electron chi connectivity index (χ4n) is 4.08. The minimum Gasteiger partial charge on any atom is -0.394 e. The molecule has 0 saturated carbocycles. The van der Waals surface area contributed by atoms with Crippen LogP contribution in [0.1, 0.15) is 24.5 Å². The lowest BCUT2D eigenvalue weighted by Gasteiger charge is -2.43. The number of nitrogens with one attached hydrogen (secondary N) is 1. The first-order valence-electron chi connectivity index (χ1n) is 11.0. The largest absolute Gasteiger partial charge is 0.417 e. The summed E-state index contributed by atoms with van der Waals surface area (Å²) < 4.78 is 67.4. The maximum Gasteiger partial charge on any atom is 0.417 e. The Labute approximate surface area is 210 Å². The Morgan fingerprint density at radius 2 is 1.94 bits per heavy atom. The lowest BCUT2D eigenvalue weighted by molar-refractivity contribution is -0.148. The predicted molar refractivity (Wildman–Crippen MR) is 129 cm³/mol. The van der Waals surface area contributed by atoms with Crippen LogP contribution in [0.25, 0.3) is 5.57 Å². The van der Waals surface area contributed by atoms with Gasteiger partial charge in [-0.1, -0.05) is 30.7 Å². The van der Waals surface area contributed by atoms with Gasteiger partial charge >= 0.3 is 6.18 Å². The van der Waals surface area contributed by atoms with Crippen LogP contribution in [0.3, 0.4) is 0 Å². The van der Waals surface area contributed by atoms with Gasteiger partial charge in [-0.2, -0.15) is 13.2 Å². The maximum atomic E-state index is 14.5. The number of benzene rings is 1. The van der Waals surface area contributed by atoms with Crippen LogP contribution in [0.5, 0.6) is 0 Å². The number of aliphatic imine (C=N–C) groups is 1. The summed E-state index contributed by atoms with van der Waals surface area (Å²) in [6.07, 6.45) is -2.96. The van der Waals surface area contributed by atoms with E-state index in [0.717, 1.165) is 17.0 Å². The monoisotopic (exact) mass is 529 g/mol. The van der Waals surface area contributed by atoms with Crippen LogP contribution in [0.2, 0.25) is 5.02 Å². The molecule has 1 aromatic heterocycles. The van der Waals surface area contributed by atoms with Gasteiger partial charge in [0.2, 0.25) is 0 Å². The maximum absolute atomic E-state index is 14.5. The quantitative estimate of drug-likeness (QED) is 0.309. The molecule has 3 rings (SSSR count). The summed E-state index contributed by atoms with van der Waals surface area (Å²) in [6, 6.07) is 7.72. The van der Waals surface area contributed by atoms with Crippen LogP contribution in [0, 0.1) is 5.92 Å². The van der Waals surface area contributed by atoms with Gasteiger partial charge in [0, 0.05) is 43.0 Å². The third kappa shape index (κ3) is 6.51. The van der Waals surface area contributed by atoms with E-state index >= 15 is 0 Å². The Bertz CT molecular complexity index is 1130. The number of pyridine rings is 1. The molecule has 0 radical (unpaired) electrons. The predicted octanol–water partition coefficient (Wildman–Crippen LogP) is 5.11. The van der Waals surface area contributed by atoms with Gasteiger partial charge in [-0.3, -0.25) is 9.79 Å². The third-order valence-electron chi connectivity index (χ3n) is 5.86. The summed E-state index contributed by atoms with van der Waals surface area (Å²) in [5, 5.41) is 3.31. The normalized spacial score (nSPS) is 20.8. The van der Waals surface area contributed by atoms with Crippen LogP contribution < -0.4 is 11.1 Å². The molecule has 6 nitrogen and oxygen atoms in total. The van der Waals surface area contributed by atoms with Crippen molar-refractivity contribution >= 4 is 35.1 Å². The van der Waals surface area contributed by atoms with E-state index in [2.05, 4.69) is 15.3 Å². The highest BCUT2D eigenvalue weighted by molar-refractivity contribution is 6.30. The number of amides is 1. The molecule has 2 aromatic rings. The molecule has 2 atom stereocenters. The smallest absolute Gasteiger partial charge is 0.394 e. The third-order valence-corrected chi connectivity index (χ3v) is 6.11. The van der Waals surface area contributed by atoms with Crippen LogP contribution in [-0.2, 0) is 11.0 Å². The first-order chi connectivity index (χ1) is 16.8. The van der Waals surface area contributed by atoms with Crippen molar-refractivity contribution in [3.63, 3.8) is 0 Å². The van der Waals surface area contributed by atoms with Gasteiger partial charge in [0.05, 0.1) is 18.2 Å². The minimum absolute atomic E-state index is 0.0211. The van der Waals surface area contributed by atoms with Crippen molar-refractivity contribution in [1.82, 2.24) is 9.88 Å². The van der Waals surface area contributed by atoms with Gasteiger partial charge in [0.15, 0.2) is 0 Å². The lowest BCUT2D eigenvalue weighted by atomic mass is 9.88. The molecule has 1 fully saturated rings. The van der Waals surface area contributed by atoms with Crippen molar-refractivity contribution in [2.45, 2.75) is 31.5 Å². The lowest BCUT2D eigenvalue weighted by Crippen LogP contribution is -2.58. The van der Waals surface area contributed by atoms with Gasteiger partial charge in [-0.15, -0.1) is 0 Å². The first kappa shape index (κ1) is 27.4. The van der Waals surface area contributed by atoms with E-state index in [1.54, 1.807) is 31.2 Å². The highest BCUT2D eigenvalue weighted by atomic mass is 35.5. The molecule has 1 amide bonds. The highest BCUT2D eigenvalue weighted by Gasteiger charge is 2.46. The summed E-state index contributed by atoms with van der Waals surface area (Å²) in [6.45, 7) is 0.695. The van der Waals surface area contributed by atoms with Gasteiger partial charge in [-0.25, -0.2) is 13.8 Å². The van der Waals surface area contributed by atoms with Gasteiger partial charge in [-0.05, 0) is 35.7 Å². The number of nitrogens with two attached hydrogens (primary N) is 1. The molecule has 12 heteroatoms. The van der Waals surface area contributed by atoms with Crippen LogP contribution in [0.4, 0.5) is 27.8 Å². The molecule has 1 unspecified atom stereocenters.